The number of hydrogen-bond donors (Lipinski definition) is 1. The third-order valence-corrected chi connectivity index (χ3v) is 5.62. The van der Waals surface area contributed by atoms with Gasteiger partial charge < -0.3 is 14.8 Å². The first-order valence-electron chi connectivity index (χ1n) is 9.36. The molecule has 2 saturated heterocycles. The van der Waals surface area contributed by atoms with Gasteiger partial charge in [0, 0.05) is 50.4 Å². The molecule has 0 radical (unpaired) electrons. The average Bonchev–Trinajstić information content (AvgIpc) is 3.32. The lowest BCUT2D eigenvalue weighted by molar-refractivity contribution is 0.00217. The van der Waals surface area contributed by atoms with Gasteiger partial charge in [-0.25, -0.2) is 4.79 Å². The van der Waals surface area contributed by atoms with Gasteiger partial charge in [-0.3, -0.25) is 9.80 Å². The summed E-state index contributed by atoms with van der Waals surface area (Å²) in [5.41, 5.74) is 2.30. The lowest BCUT2D eigenvalue weighted by Gasteiger charge is -2.37. The monoisotopic (exact) mass is 345 g/mol. The summed E-state index contributed by atoms with van der Waals surface area (Å²) in [6.45, 7) is 6.48. The van der Waals surface area contributed by atoms with Gasteiger partial charge in [0.25, 0.3) is 0 Å². The van der Waals surface area contributed by atoms with Crippen LogP contribution in [0.1, 0.15) is 12.0 Å². The molecule has 2 amide bonds. The zero-order valence-corrected chi connectivity index (χ0v) is 14.7. The van der Waals surface area contributed by atoms with Crippen molar-refractivity contribution in [2.24, 2.45) is 5.92 Å². The second-order valence-corrected chi connectivity index (χ2v) is 7.06. The van der Waals surface area contributed by atoms with Gasteiger partial charge in [0.2, 0.25) is 0 Å². The quantitative estimate of drug-likeness (QED) is 0.898. The minimum Gasteiger partial charge on any atom is -0.381 e. The van der Waals surface area contributed by atoms with Crippen molar-refractivity contribution >= 4 is 11.7 Å². The van der Waals surface area contributed by atoms with Crippen LogP contribution in [0.3, 0.4) is 0 Å². The highest BCUT2D eigenvalue weighted by atomic mass is 16.5. The van der Waals surface area contributed by atoms with Crippen LogP contribution < -0.4 is 10.2 Å². The normalized spacial score (nSPS) is 25.0. The number of carbonyl (C=O) groups is 1. The van der Waals surface area contributed by atoms with Crippen molar-refractivity contribution < 1.29 is 14.3 Å². The Labute approximate surface area is 149 Å². The minimum absolute atomic E-state index is 0.0159. The van der Waals surface area contributed by atoms with Crippen LogP contribution in [0.2, 0.25) is 0 Å². The maximum absolute atomic E-state index is 12.8. The molecule has 3 aliphatic rings. The highest BCUT2D eigenvalue weighted by Gasteiger charge is 2.32. The number of morpholine rings is 1. The fourth-order valence-electron chi connectivity index (χ4n) is 4.20. The van der Waals surface area contributed by atoms with Crippen LogP contribution in [0.25, 0.3) is 0 Å². The van der Waals surface area contributed by atoms with E-state index in [2.05, 4.69) is 16.3 Å². The van der Waals surface area contributed by atoms with Gasteiger partial charge in [-0.2, -0.15) is 0 Å². The Kier molecular flexibility index (Phi) is 5.20. The number of ether oxygens (including phenoxy) is 2. The zero-order valence-electron chi connectivity index (χ0n) is 14.7. The minimum atomic E-state index is 0.0159. The SMILES string of the molecule is O=C(NC[C@@H]([C@@H]1CCOC1)N1CCOCC1)N1CCc2ccccc21. The number of rotatable bonds is 4. The van der Waals surface area contributed by atoms with Gasteiger partial charge >= 0.3 is 6.03 Å². The van der Waals surface area contributed by atoms with Gasteiger partial charge in [0.1, 0.15) is 0 Å². The zero-order chi connectivity index (χ0) is 17.1. The third kappa shape index (κ3) is 3.66. The largest absolute Gasteiger partial charge is 0.381 e. The van der Waals surface area contributed by atoms with Crippen molar-refractivity contribution in [3.05, 3.63) is 29.8 Å². The van der Waals surface area contributed by atoms with Gasteiger partial charge in [-0.05, 0) is 24.5 Å². The summed E-state index contributed by atoms with van der Waals surface area (Å²) in [6.07, 6.45) is 2.01. The molecule has 0 unspecified atom stereocenters. The van der Waals surface area contributed by atoms with E-state index in [4.69, 9.17) is 9.47 Å². The average molecular weight is 345 g/mol. The van der Waals surface area contributed by atoms with Crippen LogP contribution in [-0.4, -0.2) is 69.6 Å². The van der Waals surface area contributed by atoms with Crippen molar-refractivity contribution in [1.82, 2.24) is 10.2 Å². The summed E-state index contributed by atoms with van der Waals surface area (Å²) in [5, 5.41) is 3.19. The highest BCUT2D eigenvalue weighted by molar-refractivity contribution is 5.94. The first-order valence-corrected chi connectivity index (χ1v) is 9.36. The Balaban J connectivity index is 1.39. The molecule has 3 aliphatic heterocycles. The van der Waals surface area contributed by atoms with E-state index >= 15 is 0 Å². The molecular formula is C19H27N3O3. The third-order valence-electron chi connectivity index (χ3n) is 5.62. The van der Waals surface area contributed by atoms with E-state index in [1.165, 1.54) is 5.56 Å². The van der Waals surface area contributed by atoms with Crippen LogP contribution >= 0.6 is 0 Å². The predicted molar refractivity (Wildman–Crippen MR) is 96.0 cm³/mol. The van der Waals surface area contributed by atoms with Crippen molar-refractivity contribution in [1.29, 1.82) is 0 Å². The molecule has 0 spiro atoms. The Morgan fingerprint density at radius 1 is 1.16 bits per heavy atom. The maximum Gasteiger partial charge on any atom is 0.321 e. The molecule has 0 aromatic heterocycles. The molecule has 1 aromatic rings. The molecule has 136 valence electrons. The lowest BCUT2D eigenvalue weighted by Crippen LogP contribution is -2.53. The fraction of sp³-hybridized carbons (Fsp3) is 0.632. The molecule has 4 rings (SSSR count). The second kappa shape index (κ2) is 7.72. The first kappa shape index (κ1) is 16.8. The molecule has 1 aromatic carbocycles. The van der Waals surface area contributed by atoms with Crippen molar-refractivity contribution in [3.8, 4) is 0 Å². The second-order valence-electron chi connectivity index (χ2n) is 7.06. The summed E-state index contributed by atoms with van der Waals surface area (Å²) in [4.78, 5) is 17.1. The molecule has 25 heavy (non-hydrogen) atoms. The molecule has 0 saturated carbocycles. The number of para-hydroxylation sites is 1. The topological polar surface area (TPSA) is 54.0 Å². The number of fused-ring (bicyclic) bond motifs is 1. The van der Waals surface area contributed by atoms with Crippen LogP contribution in [-0.2, 0) is 15.9 Å². The van der Waals surface area contributed by atoms with Crippen molar-refractivity contribution in [2.45, 2.75) is 18.9 Å². The van der Waals surface area contributed by atoms with Crippen LogP contribution in [0, 0.1) is 5.92 Å². The van der Waals surface area contributed by atoms with Crippen LogP contribution in [0.15, 0.2) is 24.3 Å². The molecule has 6 nitrogen and oxygen atoms in total. The summed E-state index contributed by atoms with van der Waals surface area (Å²) < 4.78 is 11.1. The molecule has 0 aliphatic carbocycles. The number of hydrogen-bond acceptors (Lipinski definition) is 4. The Morgan fingerprint density at radius 2 is 2.00 bits per heavy atom. The van der Waals surface area contributed by atoms with Crippen molar-refractivity contribution in [3.63, 3.8) is 0 Å². The predicted octanol–water partition coefficient (Wildman–Crippen LogP) is 1.50. The molecule has 3 heterocycles. The number of amides is 2. The van der Waals surface area contributed by atoms with Gasteiger partial charge in [0.05, 0.1) is 19.8 Å². The molecule has 1 N–H and O–H groups in total. The summed E-state index contributed by atoms with van der Waals surface area (Å²) >= 11 is 0. The maximum atomic E-state index is 12.8. The number of nitrogens with zero attached hydrogens (tertiary/aromatic N) is 2. The van der Waals surface area contributed by atoms with Crippen molar-refractivity contribution in [2.75, 3.05) is 57.5 Å². The molecule has 6 heteroatoms. The van der Waals surface area contributed by atoms with E-state index in [9.17, 15) is 4.79 Å². The van der Waals surface area contributed by atoms with E-state index in [0.29, 0.717) is 18.5 Å². The van der Waals surface area contributed by atoms with E-state index in [1.807, 2.05) is 23.1 Å². The molecule has 0 bridgehead atoms. The molecular weight excluding hydrogens is 318 g/mol. The smallest absolute Gasteiger partial charge is 0.321 e. The van der Waals surface area contributed by atoms with Gasteiger partial charge in [-0.15, -0.1) is 0 Å². The number of anilines is 1. The standard InChI is InChI=1S/C19H27N3O3/c23-19(22-7-5-15-3-1-2-4-17(15)22)20-13-18(16-6-10-25-14-16)21-8-11-24-12-9-21/h1-4,16,18H,5-14H2,(H,20,23)/t16-,18+/m1/s1. The number of benzene rings is 1. The Morgan fingerprint density at radius 3 is 2.80 bits per heavy atom. The van der Waals surface area contributed by atoms with Gasteiger partial charge in [-0.1, -0.05) is 18.2 Å². The van der Waals surface area contributed by atoms with Crippen LogP contribution in [0.4, 0.5) is 10.5 Å². The van der Waals surface area contributed by atoms with Gasteiger partial charge in [0.15, 0.2) is 0 Å². The van der Waals surface area contributed by atoms with Crippen LogP contribution in [0.5, 0.6) is 0 Å². The molecule has 2 atom stereocenters. The van der Waals surface area contributed by atoms with E-state index < -0.39 is 0 Å². The number of urea groups is 1. The number of carbonyl (C=O) groups excluding carboxylic acids is 1. The number of nitrogens with one attached hydrogen (secondary N) is 1. The fourth-order valence-corrected chi connectivity index (χ4v) is 4.20. The molecule has 2 fully saturated rings. The lowest BCUT2D eigenvalue weighted by atomic mass is 9.97. The Hall–Kier alpha value is -1.63. The van der Waals surface area contributed by atoms with E-state index in [-0.39, 0.29) is 6.03 Å². The summed E-state index contributed by atoms with van der Waals surface area (Å²) in [5.74, 6) is 0.490. The van der Waals surface area contributed by atoms with E-state index in [1.54, 1.807) is 0 Å². The van der Waals surface area contributed by atoms with E-state index in [0.717, 1.165) is 64.6 Å². The summed E-state index contributed by atoms with van der Waals surface area (Å²) in [6, 6.07) is 8.52. The first-order chi connectivity index (χ1) is 12.3. The highest BCUT2D eigenvalue weighted by Crippen LogP contribution is 2.27. The Bertz CT molecular complexity index is 597. The summed E-state index contributed by atoms with van der Waals surface area (Å²) in [7, 11) is 0.